The fourth-order valence-corrected chi connectivity index (χ4v) is 4.10. The third-order valence-electron chi connectivity index (χ3n) is 5.55. The quantitative estimate of drug-likeness (QED) is 0.365. The second-order valence-corrected chi connectivity index (χ2v) is 8.93. The zero-order chi connectivity index (χ0) is 25.8. The molecule has 0 spiro atoms. The molecule has 1 heterocycles. The predicted octanol–water partition coefficient (Wildman–Crippen LogP) is 3.93. The van der Waals surface area contributed by atoms with Gasteiger partial charge in [-0.1, -0.05) is 0 Å². The fourth-order valence-electron chi connectivity index (χ4n) is 4.10. The maximum atomic E-state index is 13.4. The van der Waals surface area contributed by atoms with E-state index >= 15 is 0 Å². The Morgan fingerprint density at radius 3 is 2.06 bits per heavy atom. The fraction of sp³-hybridized carbons (Fsp3) is 0.423. The van der Waals surface area contributed by atoms with Crippen molar-refractivity contribution in [3.05, 3.63) is 41.0 Å². The highest BCUT2D eigenvalue weighted by atomic mass is 16.7. The van der Waals surface area contributed by atoms with Crippen LogP contribution in [0.5, 0.6) is 28.7 Å². The van der Waals surface area contributed by atoms with E-state index in [1.165, 1.54) is 21.3 Å². The Balaban J connectivity index is 2.31. The maximum absolute atomic E-state index is 13.4. The molecule has 2 unspecified atom stereocenters. The van der Waals surface area contributed by atoms with Crippen molar-refractivity contribution in [1.29, 1.82) is 0 Å². The Labute approximate surface area is 204 Å². The van der Waals surface area contributed by atoms with Gasteiger partial charge >= 0.3 is 5.97 Å². The number of benzene rings is 2. The number of ether oxygens (including phenoxy) is 6. The van der Waals surface area contributed by atoms with Gasteiger partial charge in [0.15, 0.2) is 23.0 Å². The minimum atomic E-state index is -0.964. The molecule has 0 aliphatic carbocycles. The number of carbonyl (C=O) groups excluding carboxylic acids is 3. The number of methoxy groups -OCH3 is 3. The minimum Gasteiger partial charge on any atom is -0.493 e. The summed E-state index contributed by atoms with van der Waals surface area (Å²) >= 11 is 0. The van der Waals surface area contributed by atoms with Crippen LogP contribution in [-0.4, -0.2) is 52.3 Å². The number of esters is 1. The molecule has 1 aliphatic heterocycles. The summed E-state index contributed by atoms with van der Waals surface area (Å²) in [5.41, 5.74) is 0.517. The van der Waals surface area contributed by atoms with E-state index in [1.54, 1.807) is 45.0 Å². The maximum Gasteiger partial charge on any atom is 0.310 e. The summed E-state index contributed by atoms with van der Waals surface area (Å²) in [4.78, 5) is 37.3. The monoisotopic (exact) mass is 486 g/mol. The molecule has 2 atom stereocenters. The first kappa shape index (κ1) is 25.9. The summed E-state index contributed by atoms with van der Waals surface area (Å²) in [6.45, 7) is 5.24. The minimum absolute atomic E-state index is 0.00969. The molecule has 1 aliphatic rings. The molecule has 0 aromatic heterocycles. The molecule has 0 saturated carbocycles. The van der Waals surface area contributed by atoms with Crippen LogP contribution in [0.25, 0.3) is 0 Å². The SMILES string of the molecule is COc1cc(C(c2cc3c(cc2C=O)OCO3)C(CC=O)C(=O)OC(C)(C)C)cc(OC)c1OC. The second-order valence-electron chi connectivity index (χ2n) is 8.93. The summed E-state index contributed by atoms with van der Waals surface area (Å²) in [6.07, 6.45) is 1.19. The van der Waals surface area contributed by atoms with Crippen molar-refractivity contribution in [3.8, 4) is 28.7 Å². The van der Waals surface area contributed by atoms with Crippen LogP contribution in [0, 0.1) is 5.92 Å². The summed E-state index contributed by atoms with van der Waals surface area (Å²) < 4.78 is 33.1. The van der Waals surface area contributed by atoms with Crippen molar-refractivity contribution in [2.24, 2.45) is 5.92 Å². The standard InChI is InChI=1S/C26H30O9/c1-26(2,3)35-25(29)17(7-8-27)23(15-9-21(30-4)24(32-6)22(10-15)31-5)18-12-20-19(33-14-34-20)11-16(18)13-28/h8-13,17,23H,7,14H2,1-6H3. The normalized spacial score (nSPS) is 14.0. The van der Waals surface area contributed by atoms with Gasteiger partial charge in [-0.2, -0.15) is 0 Å². The lowest BCUT2D eigenvalue weighted by molar-refractivity contribution is -0.161. The predicted molar refractivity (Wildman–Crippen MR) is 126 cm³/mol. The van der Waals surface area contributed by atoms with Crippen molar-refractivity contribution < 1.29 is 42.8 Å². The van der Waals surface area contributed by atoms with E-state index < -0.39 is 23.4 Å². The van der Waals surface area contributed by atoms with Gasteiger partial charge in [-0.3, -0.25) is 9.59 Å². The van der Waals surface area contributed by atoms with Crippen LogP contribution in [0.15, 0.2) is 24.3 Å². The van der Waals surface area contributed by atoms with Gasteiger partial charge in [0.05, 0.1) is 27.2 Å². The van der Waals surface area contributed by atoms with Gasteiger partial charge in [0.25, 0.3) is 0 Å². The Morgan fingerprint density at radius 1 is 0.971 bits per heavy atom. The Kier molecular flexibility index (Phi) is 7.89. The third-order valence-corrected chi connectivity index (χ3v) is 5.55. The van der Waals surface area contributed by atoms with Gasteiger partial charge in [0.1, 0.15) is 18.2 Å². The van der Waals surface area contributed by atoms with Gasteiger partial charge in [0, 0.05) is 17.9 Å². The molecule has 35 heavy (non-hydrogen) atoms. The molecule has 0 amide bonds. The number of hydrogen-bond acceptors (Lipinski definition) is 9. The van der Waals surface area contributed by atoms with Crippen molar-refractivity contribution in [2.75, 3.05) is 28.1 Å². The number of hydrogen-bond donors (Lipinski definition) is 0. The first-order valence-corrected chi connectivity index (χ1v) is 11.0. The molecule has 3 rings (SSSR count). The highest BCUT2D eigenvalue weighted by Crippen LogP contribution is 2.47. The highest BCUT2D eigenvalue weighted by molar-refractivity contribution is 5.83. The van der Waals surface area contributed by atoms with Crippen LogP contribution in [0.2, 0.25) is 0 Å². The molecular formula is C26H30O9. The van der Waals surface area contributed by atoms with E-state index in [0.29, 0.717) is 52.4 Å². The highest BCUT2D eigenvalue weighted by Gasteiger charge is 2.37. The van der Waals surface area contributed by atoms with E-state index in [1.807, 2.05) is 0 Å². The lowest BCUT2D eigenvalue weighted by Crippen LogP contribution is -2.33. The lowest BCUT2D eigenvalue weighted by Gasteiger charge is -2.30. The Morgan fingerprint density at radius 2 is 1.57 bits per heavy atom. The van der Waals surface area contributed by atoms with Crippen molar-refractivity contribution >= 4 is 18.5 Å². The first-order valence-electron chi connectivity index (χ1n) is 11.0. The van der Waals surface area contributed by atoms with E-state index in [2.05, 4.69) is 0 Å². The van der Waals surface area contributed by atoms with E-state index in [9.17, 15) is 14.4 Å². The van der Waals surface area contributed by atoms with Crippen molar-refractivity contribution in [2.45, 2.75) is 38.7 Å². The molecular weight excluding hydrogens is 456 g/mol. The van der Waals surface area contributed by atoms with Gasteiger partial charge in [0.2, 0.25) is 12.5 Å². The van der Waals surface area contributed by atoms with E-state index in [-0.39, 0.29) is 18.8 Å². The van der Waals surface area contributed by atoms with Gasteiger partial charge < -0.3 is 33.2 Å². The first-order chi connectivity index (χ1) is 16.7. The van der Waals surface area contributed by atoms with Crippen LogP contribution in [0.3, 0.4) is 0 Å². The molecule has 9 heteroatoms. The van der Waals surface area contributed by atoms with Gasteiger partial charge in [-0.15, -0.1) is 0 Å². The van der Waals surface area contributed by atoms with Crippen molar-refractivity contribution in [3.63, 3.8) is 0 Å². The van der Waals surface area contributed by atoms with E-state index in [4.69, 9.17) is 28.4 Å². The summed E-state index contributed by atoms with van der Waals surface area (Å²) in [5, 5.41) is 0. The molecule has 0 bridgehead atoms. The smallest absolute Gasteiger partial charge is 0.310 e. The van der Waals surface area contributed by atoms with Crippen LogP contribution < -0.4 is 23.7 Å². The van der Waals surface area contributed by atoms with Gasteiger partial charge in [-0.25, -0.2) is 0 Å². The third kappa shape index (κ3) is 5.50. The average Bonchev–Trinajstić information content (AvgIpc) is 3.28. The van der Waals surface area contributed by atoms with Gasteiger partial charge in [-0.05, 0) is 56.2 Å². The largest absolute Gasteiger partial charge is 0.493 e. The lowest BCUT2D eigenvalue weighted by atomic mass is 9.77. The molecule has 0 saturated heterocycles. The number of rotatable bonds is 10. The zero-order valence-electron chi connectivity index (χ0n) is 20.7. The van der Waals surface area contributed by atoms with E-state index in [0.717, 1.165) is 0 Å². The molecule has 2 aromatic carbocycles. The molecule has 188 valence electrons. The second kappa shape index (κ2) is 10.7. The Bertz CT molecular complexity index is 1080. The van der Waals surface area contributed by atoms with Crippen molar-refractivity contribution in [1.82, 2.24) is 0 Å². The molecule has 0 fully saturated rings. The van der Waals surface area contributed by atoms with Crippen LogP contribution in [-0.2, 0) is 14.3 Å². The number of aldehydes is 2. The average molecular weight is 487 g/mol. The molecule has 0 radical (unpaired) electrons. The topological polar surface area (TPSA) is 107 Å². The van der Waals surface area contributed by atoms with Crippen LogP contribution >= 0.6 is 0 Å². The molecule has 2 aromatic rings. The zero-order valence-corrected chi connectivity index (χ0v) is 20.7. The van der Waals surface area contributed by atoms with Crippen LogP contribution in [0.4, 0.5) is 0 Å². The Hall–Kier alpha value is -3.75. The number of carbonyl (C=O) groups is 3. The molecule has 0 N–H and O–H groups in total. The summed E-state index contributed by atoms with van der Waals surface area (Å²) in [5.74, 6) is -0.419. The summed E-state index contributed by atoms with van der Waals surface area (Å²) in [6, 6.07) is 6.59. The molecule has 9 nitrogen and oxygen atoms in total. The summed E-state index contributed by atoms with van der Waals surface area (Å²) in [7, 11) is 4.43. The number of fused-ring (bicyclic) bond motifs is 1. The van der Waals surface area contributed by atoms with Crippen LogP contribution in [0.1, 0.15) is 54.6 Å².